The van der Waals surface area contributed by atoms with Gasteiger partial charge in [-0.05, 0) is 107 Å². The van der Waals surface area contributed by atoms with Gasteiger partial charge in [0.1, 0.15) is 6.10 Å². The molecule has 39 heavy (non-hydrogen) atoms. The summed E-state index contributed by atoms with van der Waals surface area (Å²) in [4.78, 5) is 12.7. The van der Waals surface area contributed by atoms with Crippen molar-refractivity contribution < 1.29 is 22.1 Å². The molecule has 3 unspecified atom stereocenters. The summed E-state index contributed by atoms with van der Waals surface area (Å²) in [7, 11) is -3.52. The molecule has 2 saturated carbocycles. The molecule has 0 bridgehead atoms. The molecule has 8 atom stereocenters. The number of hydrogen-bond acceptors (Lipinski definition) is 5. The van der Waals surface area contributed by atoms with Gasteiger partial charge < -0.3 is 4.74 Å². The van der Waals surface area contributed by atoms with Crippen LogP contribution < -0.4 is 0 Å². The Bertz CT molecular complexity index is 1020. The van der Waals surface area contributed by atoms with Crippen LogP contribution in [0.25, 0.3) is 0 Å². The summed E-state index contributed by atoms with van der Waals surface area (Å²) in [5.41, 5.74) is 2.77. The summed E-state index contributed by atoms with van der Waals surface area (Å²) in [6.07, 6.45) is 13.8. The molecule has 0 heterocycles. The minimum Gasteiger partial charge on any atom is -0.462 e. The SMILES string of the molecule is CC(C)CCC[C@@H](C)[C@H]1CCC2C3C[C@@H](COS(C)(=O)=O)C4=C(CC[C@H](OC(=O)C(C)(C)C)C4)C3CC[C@@]21C. The van der Waals surface area contributed by atoms with E-state index in [1.165, 1.54) is 50.5 Å². The molecule has 0 radical (unpaired) electrons. The zero-order chi connectivity index (χ0) is 28.8. The van der Waals surface area contributed by atoms with Gasteiger partial charge in [-0.1, -0.05) is 58.1 Å². The summed E-state index contributed by atoms with van der Waals surface area (Å²) in [5.74, 6) is 4.20. The highest BCUT2D eigenvalue weighted by atomic mass is 32.2. The van der Waals surface area contributed by atoms with Crippen LogP contribution in [-0.2, 0) is 23.8 Å². The zero-order valence-corrected chi connectivity index (χ0v) is 26.9. The van der Waals surface area contributed by atoms with Gasteiger partial charge in [0.2, 0.25) is 0 Å². The van der Waals surface area contributed by atoms with Crippen molar-refractivity contribution in [3.8, 4) is 0 Å². The molecule has 0 aromatic rings. The van der Waals surface area contributed by atoms with Crippen LogP contribution in [0.2, 0.25) is 0 Å². The van der Waals surface area contributed by atoms with Crippen LogP contribution in [0.3, 0.4) is 0 Å². The van der Waals surface area contributed by atoms with Crippen LogP contribution in [-0.4, -0.2) is 33.4 Å². The minimum absolute atomic E-state index is 0.0944. The van der Waals surface area contributed by atoms with Gasteiger partial charge in [0.25, 0.3) is 10.1 Å². The van der Waals surface area contributed by atoms with E-state index in [2.05, 4.69) is 27.7 Å². The number of allylic oxidation sites excluding steroid dienone is 1. The average molecular weight is 565 g/mol. The summed E-state index contributed by atoms with van der Waals surface area (Å²) in [5, 5.41) is 0. The van der Waals surface area contributed by atoms with Crippen molar-refractivity contribution >= 4 is 16.1 Å². The lowest BCUT2D eigenvalue weighted by Gasteiger charge is -2.54. The van der Waals surface area contributed by atoms with Crippen LogP contribution in [0.4, 0.5) is 0 Å². The highest BCUT2D eigenvalue weighted by Crippen LogP contribution is 2.65. The van der Waals surface area contributed by atoms with Crippen LogP contribution in [0.15, 0.2) is 11.1 Å². The molecule has 0 amide bonds. The molecule has 0 aliphatic heterocycles. The maximum Gasteiger partial charge on any atom is 0.311 e. The molecule has 0 aromatic carbocycles. The van der Waals surface area contributed by atoms with E-state index in [1.54, 1.807) is 5.57 Å². The number of rotatable bonds is 9. The molecule has 224 valence electrons. The summed E-state index contributed by atoms with van der Waals surface area (Å²) in [6, 6.07) is 0. The smallest absolute Gasteiger partial charge is 0.311 e. The first-order valence-corrected chi connectivity index (χ1v) is 17.7. The Kier molecular flexibility index (Phi) is 9.38. The van der Waals surface area contributed by atoms with E-state index >= 15 is 0 Å². The summed E-state index contributed by atoms with van der Waals surface area (Å²) < 4.78 is 35.5. The quantitative estimate of drug-likeness (QED) is 0.161. The first-order valence-electron chi connectivity index (χ1n) is 15.9. The molecule has 4 aliphatic carbocycles. The van der Waals surface area contributed by atoms with Gasteiger partial charge in [0.05, 0.1) is 18.3 Å². The molecule has 5 nitrogen and oxygen atoms in total. The molecule has 2 fully saturated rings. The molecule has 0 aromatic heterocycles. The van der Waals surface area contributed by atoms with Gasteiger partial charge in [-0.25, -0.2) is 0 Å². The fraction of sp³-hybridized carbons (Fsp3) is 0.909. The van der Waals surface area contributed by atoms with Crippen LogP contribution in [0, 0.1) is 52.3 Å². The van der Waals surface area contributed by atoms with E-state index in [0.717, 1.165) is 49.7 Å². The van der Waals surface area contributed by atoms with E-state index in [0.29, 0.717) is 23.2 Å². The van der Waals surface area contributed by atoms with Gasteiger partial charge in [-0.15, -0.1) is 0 Å². The van der Waals surface area contributed by atoms with Gasteiger partial charge in [-0.2, -0.15) is 8.42 Å². The fourth-order valence-corrected chi connectivity index (χ4v) is 9.57. The monoisotopic (exact) mass is 564 g/mol. The van der Waals surface area contributed by atoms with Gasteiger partial charge >= 0.3 is 5.97 Å². The minimum atomic E-state index is -3.52. The second-order valence-electron chi connectivity index (χ2n) is 15.4. The summed E-state index contributed by atoms with van der Waals surface area (Å²) >= 11 is 0. The van der Waals surface area contributed by atoms with Gasteiger partial charge in [0.15, 0.2) is 0 Å². The molecule has 0 N–H and O–H groups in total. The number of esters is 1. The van der Waals surface area contributed by atoms with Crippen molar-refractivity contribution in [3.63, 3.8) is 0 Å². The van der Waals surface area contributed by atoms with Crippen molar-refractivity contribution in [1.82, 2.24) is 0 Å². The third-order valence-electron chi connectivity index (χ3n) is 11.1. The topological polar surface area (TPSA) is 69.7 Å². The third kappa shape index (κ3) is 6.96. The van der Waals surface area contributed by atoms with Crippen molar-refractivity contribution in [1.29, 1.82) is 0 Å². The molecule has 6 heteroatoms. The predicted molar refractivity (Wildman–Crippen MR) is 158 cm³/mol. The second kappa shape index (κ2) is 11.8. The number of carbonyl (C=O) groups is 1. The standard InChI is InChI=1S/C33H56O5S/c1-21(2)10-9-11-22(3)29-14-15-30-28-18-23(20-37-39(8,35)36)27-19-24(38-31(34)32(4,5)6)12-13-25(27)26(28)16-17-33(29,30)7/h21-24,26,28-30H,9-20H2,1-8H3/t22-,23+,24+,26?,28?,29-,30?,33-/m1/s1. The Morgan fingerprint density at radius 3 is 2.41 bits per heavy atom. The zero-order valence-electron chi connectivity index (χ0n) is 26.1. The number of ether oxygens (including phenoxy) is 1. The molecule has 0 spiro atoms. The maximum absolute atomic E-state index is 12.7. The first-order chi connectivity index (χ1) is 18.1. The van der Waals surface area contributed by atoms with Crippen LogP contribution in [0.1, 0.15) is 119 Å². The van der Waals surface area contributed by atoms with E-state index in [4.69, 9.17) is 8.92 Å². The van der Waals surface area contributed by atoms with E-state index in [-0.39, 0.29) is 24.6 Å². The lowest BCUT2D eigenvalue weighted by Crippen LogP contribution is -2.47. The fourth-order valence-electron chi connectivity index (χ4n) is 9.16. The average Bonchev–Trinajstić information content (AvgIpc) is 3.18. The Morgan fingerprint density at radius 1 is 1.05 bits per heavy atom. The number of carbonyl (C=O) groups excluding carboxylic acids is 1. The first kappa shape index (κ1) is 31.1. The number of hydrogen-bond donors (Lipinski definition) is 0. The lowest BCUT2D eigenvalue weighted by molar-refractivity contribution is -0.159. The van der Waals surface area contributed by atoms with Crippen molar-refractivity contribution in [3.05, 3.63) is 11.1 Å². The van der Waals surface area contributed by atoms with Crippen molar-refractivity contribution in [2.45, 2.75) is 125 Å². The Balaban J connectivity index is 1.55. The maximum atomic E-state index is 12.7. The van der Waals surface area contributed by atoms with Crippen LogP contribution >= 0.6 is 0 Å². The Hall–Kier alpha value is -0.880. The number of fused-ring (bicyclic) bond motifs is 4. The van der Waals surface area contributed by atoms with Crippen LogP contribution in [0.5, 0.6) is 0 Å². The highest BCUT2D eigenvalue weighted by molar-refractivity contribution is 7.85. The molecular weight excluding hydrogens is 508 g/mol. The van der Waals surface area contributed by atoms with E-state index in [1.807, 2.05) is 20.8 Å². The van der Waals surface area contributed by atoms with Gasteiger partial charge in [0, 0.05) is 12.3 Å². The largest absolute Gasteiger partial charge is 0.462 e. The van der Waals surface area contributed by atoms with Gasteiger partial charge in [-0.3, -0.25) is 8.98 Å². The predicted octanol–water partition coefficient (Wildman–Crippen LogP) is 7.94. The third-order valence-corrected chi connectivity index (χ3v) is 11.7. The summed E-state index contributed by atoms with van der Waals surface area (Å²) in [6.45, 7) is 15.7. The Morgan fingerprint density at radius 2 is 1.77 bits per heavy atom. The van der Waals surface area contributed by atoms with Crippen molar-refractivity contribution in [2.24, 2.45) is 52.3 Å². The second-order valence-corrected chi connectivity index (χ2v) is 17.0. The molecule has 4 rings (SSSR count). The lowest BCUT2D eigenvalue weighted by atomic mass is 9.51. The van der Waals surface area contributed by atoms with E-state index < -0.39 is 15.5 Å². The molecule has 4 aliphatic rings. The normalized spacial score (nSPS) is 35.8. The Labute approximate surface area is 239 Å². The molecular formula is C33H56O5S. The van der Waals surface area contributed by atoms with E-state index in [9.17, 15) is 13.2 Å². The molecule has 0 saturated heterocycles. The highest BCUT2D eigenvalue weighted by Gasteiger charge is 2.57. The van der Waals surface area contributed by atoms with Crippen molar-refractivity contribution in [2.75, 3.05) is 12.9 Å².